The number of ether oxygens (including phenoxy) is 1. The summed E-state index contributed by atoms with van der Waals surface area (Å²) in [6.07, 6.45) is 8.09. The second-order valence-corrected chi connectivity index (χ2v) is 13.9. The van der Waals surface area contributed by atoms with Gasteiger partial charge in [0, 0.05) is 5.69 Å². The molecule has 0 aromatic heterocycles. The van der Waals surface area contributed by atoms with Gasteiger partial charge in [0.2, 0.25) is 5.91 Å². The van der Waals surface area contributed by atoms with Crippen LogP contribution >= 0.6 is 0 Å². The highest BCUT2D eigenvalue weighted by atomic mass is 32.2. The van der Waals surface area contributed by atoms with Crippen LogP contribution in [-0.2, 0) is 20.2 Å². The molecule has 1 amide bonds. The number of hydrogen-bond donors (Lipinski definition) is 1. The summed E-state index contributed by atoms with van der Waals surface area (Å²) in [6.45, 7) is 3.96. The molecule has 1 N–H and O–H groups in total. The van der Waals surface area contributed by atoms with Gasteiger partial charge >= 0.3 is 0 Å². The van der Waals surface area contributed by atoms with Crippen LogP contribution in [0.15, 0.2) is 77.7 Å². The highest BCUT2D eigenvalue weighted by molar-refractivity contribution is 7.92. The van der Waals surface area contributed by atoms with Crippen LogP contribution in [0, 0.1) is 24.7 Å². The van der Waals surface area contributed by atoms with Crippen molar-refractivity contribution in [3.8, 4) is 5.75 Å². The van der Waals surface area contributed by atoms with E-state index in [9.17, 15) is 13.2 Å². The molecule has 3 aromatic carbocycles. The summed E-state index contributed by atoms with van der Waals surface area (Å²) in [5.41, 5.74) is 3.72. The Morgan fingerprint density at radius 3 is 2.00 bits per heavy atom. The van der Waals surface area contributed by atoms with E-state index in [1.165, 1.54) is 44.1 Å². The van der Waals surface area contributed by atoms with Crippen molar-refractivity contribution in [2.24, 2.45) is 17.8 Å². The third-order valence-electron chi connectivity index (χ3n) is 9.15. The monoisotopic (exact) mass is 558 g/mol. The minimum atomic E-state index is -3.98. The van der Waals surface area contributed by atoms with Gasteiger partial charge in [-0.3, -0.25) is 9.10 Å². The largest absolute Gasteiger partial charge is 0.494 e. The third-order valence-corrected chi connectivity index (χ3v) is 10.9. The van der Waals surface area contributed by atoms with Gasteiger partial charge in [0.25, 0.3) is 10.0 Å². The van der Waals surface area contributed by atoms with Crippen LogP contribution in [0.4, 0.5) is 11.4 Å². The van der Waals surface area contributed by atoms with Gasteiger partial charge < -0.3 is 10.1 Å². The Kier molecular flexibility index (Phi) is 7.11. The summed E-state index contributed by atoms with van der Waals surface area (Å²) >= 11 is 0. The number of carbonyl (C=O) groups excluding carboxylic acids is 1. The zero-order valence-electron chi connectivity index (χ0n) is 23.3. The predicted molar refractivity (Wildman–Crippen MR) is 158 cm³/mol. The first-order valence-corrected chi connectivity index (χ1v) is 15.9. The number of rotatable bonds is 9. The predicted octanol–water partition coefficient (Wildman–Crippen LogP) is 6.70. The summed E-state index contributed by atoms with van der Waals surface area (Å²) in [4.78, 5) is 13.4. The maximum absolute atomic E-state index is 13.7. The van der Waals surface area contributed by atoms with E-state index < -0.39 is 15.9 Å². The molecular formula is C33H38N2O4S. The van der Waals surface area contributed by atoms with Crippen molar-refractivity contribution in [2.75, 3.05) is 22.8 Å². The zero-order valence-corrected chi connectivity index (χ0v) is 24.1. The van der Waals surface area contributed by atoms with Crippen LogP contribution in [0.25, 0.3) is 0 Å². The molecule has 0 unspecified atom stereocenters. The van der Waals surface area contributed by atoms with E-state index in [0.717, 1.165) is 27.6 Å². The number of sulfonamides is 1. The van der Waals surface area contributed by atoms with E-state index in [4.69, 9.17) is 4.74 Å². The van der Waals surface area contributed by atoms with E-state index in [1.807, 2.05) is 26.0 Å². The number of nitrogens with one attached hydrogen (secondary N) is 1. The van der Waals surface area contributed by atoms with E-state index in [2.05, 4.69) is 17.4 Å². The van der Waals surface area contributed by atoms with Crippen LogP contribution in [0.3, 0.4) is 0 Å². The van der Waals surface area contributed by atoms with Crippen molar-refractivity contribution >= 4 is 27.3 Å². The molecular weight excluding hydrogens is 520 g/mol. The summed E-state index contributed by atoms with van der Waals surface area (Å²) in [5.74, 6) is 2.86. The lowest BCUT2D eigenvalue weighted by atomic mass is 9.48. The smallest absolute Gasteiger partial charge is 0.264 e. The molecule has 0 radical (unpaired) electrons. The van der Waals surface area contributed by atoms with E-state index in [-0.39, 0.29) is 11.4 Å². The fraction of sp³-hybridized carbons (Fsp3) is 0.424. The molecule has 7 heteroatoms. The molecule has 0 saturated heterocycles. The van der Waals surface area contributed by atoms with Gasteiger partial charge in [-0.1, -0.05) is 29.8 Å². The van der Waals surface area contributed by atoms with Gasteiger partial charge in [-0.25, -0.2) is 8.42 Å². The number of anilines is 2. The SMILES string of the molecule is CCOc1ccc(N(CC(=O)Nc2ccc(C34CC5CC(CC(C5)C3)C4)cc2)S(=O)(=O)c2ccc(C)cc2)cc1. The summed E-state index contributed by atoms with van der Waals surface area (Å²) < 4.78 is 34.1. The zero-order chi connectivity index (χ0) is 27.9. The molecule has 0 aliphatic heterocycles. The topological polar surface area (TPSA) is 75.7 Å². The Bertz CT molecular complexity index is 1430. The third kappa shape index (κ3) is 5.24. The normalized spacial score (nSPS) is 25.0. The van der Waals surface area contributed by atoms with Crippen LogP contribution in [0.2, 0.25) is 0 Å². The molecule has 0 heterocycles. The number of hydrogen-bond acceptors (Lipinski definition) is 4. The van der Waals surface area contributed by atoms with E-state index in [0.29, 0.717) is 29.1 Å². The Labute approximate surface area is 237 Å². The fourth-order valence-corrected chi connectivity index (χ4v) is 9.15. The van der Waals surface area contributed by atoms with E-state index in [1.54, 1.807) is 48.5 Å². The molecule has 6 nitrogen and oxygen atoms in total. The number of amides is 1. The lowest BCUT2D eigenvalue weighted by Gasteiger charge is -2.57. The molecule has 4 saturated carbocycles. The molecule has 4 aliphatic carbocycles. The number of nitrogens with zero attached hydrogens (tertiary/aromatic N) is 1. The maximum Gasteiger partial charge on any atom is 0.264 e. The molecule has 3 aromatic rings. The Morgan fingerprint density at radius 1 is 0.875 bits per heavy atom. The lowest BCUT2D eigenvalue weighted by Crippen LogP contribution is -2.48. The second-order valence-electron chi connectivity index (χ2n) is 12.1. The van der Waals surface area contributed by atoms with Crippen molar-refractivity contribution in [2.45, 2.75) is 62.7 Å². The number of benzene rings is 3. The molecule has 0 atom stereocenters. The van der Waals surface area contributed by atoms with Crippen molar-refractivity contribution in [1.82, 2.24) is 0 Å². The lowest BCUT2D eigenvalue weighted by molar-refractivity contribution is -0.114. The van der Waals surface area contributed by atoms with Crippen molar-refractivity contribution in [3.05, 3.63) is 83.9 Å². The van der Waals surface area contributed by atoms with Crippen LogP contribution < -0.4 is 14.4 Å². The quantitative estimate of drug-likeness (QED) is 0.317. The van der Waals surface area contributed by atoms with Crippen LogP contribution in [0.1, 0.15) is 56.6 Å². The van der Waals surface area contributed by atoms with Crippen LogP contribution in [0.5, 0.6) is 5.75 Å². The average Bonchev–Trinajstić information content (AvgIpc) is 2.92. The van der Waals surface area contributed by atoms with E-state index >= 15 is 0 Å². The Balaban J connectivity index is 1.21. The number of aryl methyl sites for hydroxylation is 1. The highest BCUT2D eigenvalue weighted by Gasteiger charge is 2.51. The van der Waals surface area contributed by atoms with Gasteiger partial charge in [-0.2, -0.15) is 0 Å². The second kappa shape index (κ2) is 10.6. The Hall–Kier alpha value is -3.32. The summed E-state index contributed by atoms with van der Waals surface area (Å²) in [5, 5.41) is 2.94. The first-order valence-electron chi connectivity index (χ1n) is 14.5. The van der Waals surface area contributed by atoms with Crippen molar-refractivity contribution in [3.63, 3.8) is 0 Å². The standard InChI is InChI=1S/C33H38N2O4S/c1-3-39-30-12-10-29(11-13-30)35(40(37,38)31-14-4-23(2)5-15-31)22-32(36)34-28-8-6-27(7-9-28)33-19-24-16-25(20-33)18-26(17-24)21-33/h4-15,24-26H,3,16-22H2,1-2H3,(H,34,36). The molecule has 7 rings (SSSR count). The maximum atomic E-state index is 13.7. The molecule has 40 heavy (non-hydrogen) atoms. The first-order chi connectivity index (χ1) is 19.2. The van der Waals surface area contributed by atoms with Gasteiger partial charge in [0.1, 0.15) is 12.3 Å². The van der Waals surface area contributed by atoms with Gasteiger partial charge in [0.15, 0.2) is 0 Å². The molecule has 210 valence electrons. The fourth-order valence-electron chi connectivity index (χ4n) is 7.73. The molecule has 4 bridgehead atoms. The summed E-state index contributed by atoms with van der Waals surface area (Å²) in [7, 11) is -3.98. The van der Waals surface area contributed by atoms with Crippen molar-refractivity contribution < 1.29 is 17.9 Å². The van der Waals surface area contributed by atoms with Crippen molar-refractivity contribution in [1.29, 1.82) is 0 Å². The van der Waals surface area contributed by atoms with Gasteiger partial charge in [-0.05, 0) is 130 Å². The average molecular weight is 559 g/mol. The Morgan fingerprint density at radius 2 is 1.45 bits per heavy atom. The van der Waals surface area contributed by atoms with Gasteiger partial charge in [0.05, 0.1) is 17.2 Å². The highest BCUT2D eigenvalue weighted by Crippen LogP contribution is 2.60. The summed E-state index contributed by atoms with van der Waals surface area (Å²) in [6, 6.07) is 21.8. The molecule has 4 fully saturated rings. The first kappa shape index (κ1) is 26.9. The van der Waals surface area contributed by atoms with Gasteiger partial charge in [-0.15, -0.1) is 0 Å². The number of carbonyl (C=O) groups is 1. The minimum absolute atomic E-state index is 0.139. The molecule has 4 aliphatic rings. The molecule has 0 spiro atoms. The minimum Gasteiger partial charge on any atom is -0.494 e. The van der Waals surface area contributed by atoms with Crippen LogP contribution in [-0.4, -0.2) is 27.5 Å².